The predicted molar refractivity (Wildman–Crippen MR) is 160 cm³/mol. The molecule has 0 aromatic heterocycles. The van der Waals surface area contributed by atoms with Crippen LogP contribution in [0.15, 0.2) is 86.6 Å². The van der Waals surface area contributed by atoms with Crippen molar-refractivity contribution in [1.82, 2.24) is 4.90 Å². The van der Waals surface area contributed by atoms with E-state index in [0.717, 1.165) is 26.9 Å². The van der Waals surface area contributed by atoms with E-state index in [1.807, 2.05) is 73.5 Å². The molecular formula is C28H26N8OS2. The monoisotopic (exact) mass is 554 g/mol. The molecule has 0 spiro atoms. The standard InChI is InChI=1S/C28H26N8OS2/c1-3-32-20-11-9-18(15-29)13-21(20)34-28-36(16-17-7-5-4-6-8-17)25(37)24(39-28)26-35(2)22-12-10-19(33-27(30)31)14-23(22)38-26/h4-14,32H,3,16H2,1-2H3,(H4,30,31,33)/b26-24-,34-28+. The number of amidine groups is 1. The molecule has 196 valence electrons. The second-order valence-electron chi connectivity index (χ2n) is 8.76. The van der Waals surface area contributed by atoms with Crippen LogP contribution in [0.5, 0.6) is 0 Å². The summed E-state index contributed by atoms with van der Waals surface area (Å²) >= 11 is 2.83. The lowest BCUT2D eigenvalue weighted by Crippen LogP contribution is -2.29. The Balaban J connectivity index is 1.57. The second kappa shape index (κ2) is 11.1. The number of anilines is 3. The summed E-state index contributed by atoms with van der Waals surface area (Å²) in [5.41, 5.74) is 10.0. The zero-order chi connectivity index (χ0) is 27.5. The molecule has 3 aromatic carbocycles. The highest BCUT2D eigenvalue weighted by Gasteiger charge is 2.39. The minimum absolute atomic E-state index is 0.131. The number of nitriles is 1. The molecule has 0 radical (unpaired) electrons. The van der Waals surface area contributed by atoms with Crippen LogP contribution in [-0.2, 0) is 11.3 Å². The van der Waals surface area contributed by atoms with Crippen LogP contribution < -0.4 is 21.3 Å². The Morgan fingerprint density at radius 1 is 1.13 bits per heavy atom. The number of thioether (sulfide) groups is 2. The molecule has 2 aliphatic heterocycles. The van der Waals surface area contributed by atoms with Gasteiger partial charge in [-0.2, -0.15) is 5.26 Å². The van der Waals surface area contributed by atoms with Crippen molar-refractivity contribution in [2.45, 2.75) is 18.4 Å². The molecule has 2 heterocycles. The van der Waals surface area contributed by atoms with Crippen molar-refractivity contribution in [3.63, 3.8) is 0 Å². The van der Waals surface area contributed by atoms with Crippen LogP contribution in [0.3, 0.4) is 0 Å². The summed E-state index contributed by atoms with van der Waals surface area (Å²) < 4.78 is 0. The van der Waals surface area contributed by atoms with Crippen LogP contribution in [0.4, 0.5) is 22.7 Å². The van der Waals surface area contributed by atoms with Crippen molar-refractivity contribution in [1.29, 1.82) is 10.7 Å². The molecule has 0 unspecified atom stereocenters. The third kappa shape index (κ3) is 5.43. The first-order chi connectivity index (χ1) is 18.9. The molecule has 5 rings (SSSR count). The van der Waals surface area contributed by atoms with E-state index in [9.17, 15) is 10.1 Å². The van der Waals surface area contributed by atoms with Gasteiger partial charge < -0.3 is 21.3 Å². The zero-order valence-electron chi connectivity index (χ0n) is 21.4. The van der Waals surface area contributed by atoms with Gasteiger partial charge in [0.2, 0.25) is 0 Å². The molecule has 39 heavy (non-hydrogen) atoms. The number of amides is 1. The summed E-state index contributed by atoms with van der Waals surface area (Å²) in [7, 11) is 1.93. The lowest BCUT2D eigenvalue weighted by molar-refractivity contribution is -0.122. The van der Waals surface area contributed by atoms with Crippen LogP contribution in [0, 0.1) is 16.7 Å². The average Bonchev–Trinajstić information content (AvgIpc) is 3.41. The van der Waals surface area contributed by atoms with Gasteiger partial charge in [-0.25, -0.2) is 4.99 Å². The van der Waals surface area contributed by atoms with Gasteiger partial charge in [-0.1, -0.05) is 42.1 Å². The van der Waals surface area contributed by atoms with Gasteiger partial charge in [0.25, 0.3) is 5.91 Å². The number of aliphatic imine (C=N–C) groups is 1. The Morgan fingerprint density at radius 3 is 2.64 bits per heavy atom. The van der Waals surface area contributed by atoms with E-state index >= 15 is 0 Å². The second-order valence-corrected chi connectivity index (χ2v) is 10.8. The van der Waals surface area contributed by atoms with Gasteiger partial charge in [-0.05, 0) is 60.6 Å². The zero-order valence-corrected chi connectivity index (χ0v) is 23.0. The van der Waals surface area contributed by atoms with Crippen molar-refractivity contribution in [2.75, 3.05) is 29.1 Å². The number of carbonyl (C=O) groups is 1. The normalized spacial score (nSPS) is 17.4. The van der Waals surface area contributed by atoms with Crippen LogP contribution in [0.1, 0.15) is 18.1 Å². The quantitative estimate of drug-likeness (QED) is 0.179. The van der Waals surface area contributed by atoms with Crippen molar-refractivity contribution >= 4 is 63.3 Å². The number of nitrogens with two attached hydrogens (primary N) is 1. The smallest absolute Gasteiger partial charge is 0.269 e. The molecule has 2 aliphatic rings. The number of hydrogen-bond acceptors (Lipinski definition) is 8. The molecule has 0 bridgehead atoms. The molecule has 5 N–H and O–H groups in total. The highest BCUT2D eigenvalue weighted by molar-refractivity contribution is 8.19. The third-order valence-corrected chi connectivity index (χ3v) is 8.48. The van der Waals surface area contributed by atoms with E-state index in [2.05, 4.69) is 16.7 Å². The van der Waals surface area contributed by atoms with Gasteiger partial charge in [0.15, 0.2) is 11.1 Å². The molecule has 1 amide bonds. The van der Waals surface area contributed by atoms with Gasteiger partial charge in [0, 0.05) is 24.2 Å². The van der Waals surface area contributed by atoms with Crippen LogP contribution in [0.25, 0.3) is 0 Å². The highest BCUT2D eigenvalue weighted by atomic mass is 32.2. The molecule has 0 atom stereocenters. The van der Waals surface area contributed by atoms with E-state index in [4.69, 9.17) is 16.1 Å². The number of rotatable bonds is 6. The Bertz CT molecular complexity index is 1560. The van der Waals surface area contributed by atoms with Gasteiger partial charge in [-0.3, -0.25) is 15.1 Å². The van der Waals surface area contributed by atoms with E-state index in [-0.39, 0.29) is 11.9 Å². The molecule has 0 saturated carbocycles. The topological polar surface area (TPSA) is 134 Å². The molecule has 1 fully saturated rings. The first-order valence-corrected chi connectivity index (χ1v) is 13.8. The van der Waals surface area contributed by atoms with Crippen LogP contribution in [0.2, 0.25) is 0 Å². The minimum Gasteiger partial charge on any atom is -0.384 e. The van der Waals surface area contributed by atoms with E-state index < -0.39 is 0 Å². The molecule has 3 aromatic rings. The summed E-state index contributed by atoms with van der Waals surface area (Å²) in [6, 6.07) is 23.0. The number of guanidine groups is 1. The maximum Gasteiger partial charge on any atom is 0.269 e. The average molecular weight is 555 g/mol. The summed E-state index contributed by atoms with van der Waals surface area (Å²) in [6.07, 6.45) is 0. The highest BCUT2D eigenvalue weighted by Crippen LogP contribution is 2.51. The lowest BCUT2D eigenvalue weighted by atomic mass is 10.2. The number of nitrogens with zero attached hydrogens (tertiary/aromatic N) is 4. The molecule has 0 aliphatic carbocycles. The fourth-order valence-electron chi connectivity index (χ4n) is 4.25. The number of benzene rings is 3. The summed E-state index contributed by atoms with van der Waals surface area (Å²) in [4.78, 5) is 24.1. The van der Waals surface area contributed by atoms with Gasteiger partial charge >= 0.3 is 0 Å². The van der Waals surface area contributed by atoms with Crippen molar-refractivity contribution in [2.24, 2.45) is 10.7 Å². The van der Waals surface area contributed by atoms with E-state index in [0.29, 0.717) is 40.1 Å². The van der Waals surface area contributed by atoms with Gasteiger partial charge in [0.1, 0.15) is 4.91 Å². The SMILES string of the molecule is CCNc1ccc(C#N)cc1/N=C1/S/C(=C2\Sc3cc(NC(=N)N)ccc3N2C)C(=O)N1Cc1ccccc1. The fourth-order valence-corrected chi connectivity index (χ4v) is 6.62. The minimum atomic E-state index is -0.138. The molecule has 11 heteroatoms. The maximum absolute atomic E-state index is 13.9. The molecule has 9 nitrogen and oxygen atoms in total. The Hall–Kier alpha value is -4.40. The summed E-state index contributed by atoms with van der Waals surface area (Å²) in [5.74, 6) is -0.269. The van der Waals surface area contributed by atoms with E-state index in [1.165, 1.54) is 23.5 Å². The first-order valence-electron chi connectivity index (χ1n) is 12.2. The van der Waals surface area contributed by atoms with Crippen molar-refractivity contribution in [3.05, 3.63) is 87.8 Å². The maximum atomic E-state index is 13.9. The van der Waals surface area contributed by atoms with Crippen molar-refractivity contribution < 1.29 is 4.79 Å². The van der Waals surface area contributed by atoms with Crippen LogP contribution >= 0.6 is 23.5 Å². The first kappa shape index (κ1) is 26.2. The Labute approximate surface area is 235 Å². The number of fused-ring (bicyclic) bond motifs is 1. The lowest BCUT2D eigenvalue weighted by Gasteiger charge is -2.17. The predicted octanol–water partition coefficient (Wildman–Crippen LogP) is 5.47. The van der Waals surface area contributed by atoms with Crippen LogP contribution in [-0.4, -0.2) is 35.5 Å². The van der Waals surface area contributed by atoms with Gasteiger partial charge in [-0.15, -0.1) is 0 Å². The number of nitrogens with one attached hydrogen (secondary N) is 3. The summed E-state index contributed by atoms with van der Waals surface area (Å²) in [5, 5.41) is 24.5. The Morgan fingerprint density at radius 2 is 1.92 bits per heavy atom. The Kier molecular flexibility index (Phi) is 7.49. The van der Waals surface area contributed by atoms with Gasteiger partial charge in [0.05, 0.1) is 40.3 Å². The fraction of sp³-hybridized carbons (Fsp3) is 0.143. The molecular weight excluding hydrogens is 528 g/mol. The number of hydrogen-bond donors (Lipinski definition) is 4. The third-order valence-electron chi connectivity index (χ3n) is 6.06. The van der Waals surface area contributed by atoms with Crippen molar-refractivity contribution in [3.8, 4) is 6.07 Å². The number of carbonyl (C=O) groups excluding carboxylic acids is 1. The molecule has 1 saturated heterocycles. The summed E-state index contributed by atoms with van der Waals surface area (Å²) in [6.45, 7) is 3.05. The largest absolute Gasteiger partial charge is 0.384 e. The van der Waals surface area contributed by atoms with E-state index in [1.54, 1.807) is 17.0 Å².